The van der Waals surface area contributed by atoms with Gasteiger partial charge in [-0.1, -0.05) is 0 Å². The SMILES string of the molecule is O=C(O)c1cn[c]nc1N1CCCC1. The number of carbonyl (C=O) groups is 1. The number of rotatable bonds is 2. The molecule has 1 aliphatic rings. The number of carboxylic acid groups (broad SMARTS) is 1. The minimum atomic E-state index is -0.985. The van der Waals surface area contributed by atoms with Gasteiger partial charge in [-0.3, -0.25) is 0 Å². The van der Waals surface area contributed by atoms with Crippen LogP contribution in [-0.4, -0.2) is 34.1 Å². The molecule has 73 valence electrons. The molecule has 0 aliphatic carbocycles. The lowest BCUT2D eigenvalue weighted by Gasteiger charge is -2.17. The molecule has 1 N–H and O–H groups in total. The molecule has 0 spiro atoms. The van der Waals surface area contributed by atoms with Crippen molar-refractivity contribution in [2.45, 2.75) is 12.8 Å². The van der Waals surface area contributed by atoms with Crippen LogP contribution in [-0.2, 0) is 0 Å². The second-order valence-electron chi connectivity index (χ2n) is 3.21. The minimum Gasteiger partial charge on any atom is -0.477 e. The van der Waals surface area contributed by atoms with Gasteiger partial charge in [0.05, 0.1) is 0 Å². The topological polar surface area (TPSA) is 66.3 Å². The van der Waals surface area contributed by atoms with Gasteiger partial charge in [-0.2, -0.15) is 0 Å². The second-order valence-corrected chi connectivity index (χ2v) is 3.21. The van der Waals surface area contributed by atoms with E-state index in [2.05, 4.69) is 16.3 Å². The summed E-state index contributed by atoms with van der Waals surface area (Å²) >= 11 is 0. The molecular weight excluding hydrogens is 182 g/mol. The zero-order chi connectivity index (χ0) is 9.97. The molecule has 0 atom stereocenters. The van der Waals surface area contributed by atoms with Gasteiger partial charge in [0.1, 0.15) is 11.4 Å². The summed E-state index contributed by atoms with van der Waals surface area (Å²) in [4.78, 5) is 20.3. The number of nitrogens with zero attached hydrogens (tertiary/aromatic N) is 3. The van der Waals surface area contributed by atoms with E-state index in [0.717, 1.165) is 25.9 Å². The van der Waals surface area contributed by atoms with E-state index in [1.165, 1.54) is 6.20 Å². The van der Waals surface area contributed by atoms with Gasteiger partial charge in [0.25, 0.3) is 0 Å². The lowest BCUT2D eigenvalue weighted by Crippen LogP contribution is -2.22. The largest absolute Gasteiger partial charge is 0.477 e. The number of hydrogen-bond acceptors (Lipinski definition) is 4. The van der Waals surface area contributed by atoms with Crippen molar-refractivity contribution in [3.63, 3.8) is 0 Å². The van der Waals surface area contributed by atoms with Crippen LogP contribution in [0.15, 0.2) is 6.20 Å². The van der Waals surface area contributed by atoms with Crippen LogP contribution in [0.2, 0.25) is 0 Å². The summed E-state index contributed by atoms with van der Waals surface area (Å²) in [6.07, 6.45) is 5.90. The van der Waals surface area contributed by atoms with Crippen LogP contribution in [0.3, 0.4) is 0 Å². The Kier molecular flexibility index (Phi) is 2.30. The van der Waals surface area contributed by atoms with Crippen molar-refractivity contribution < 1.29 is 9.90 Å². The first-order valence-corrected chi connectivity index (χ1v) is 4.50. The Bertz CT molecular complexity index is 348. The first-order valence-electron chi connectivity index (χ1n) is 4.50. The fourth-order valence-corrected chi connectivity index (χ4v) is 1.61. The molecule has 14 heavy (non-hydrogen) atoms. The molecule has 0 bridgehead atoms. The van der Waals surface area contributed by atoms with Crippen molar-refractivity contribution >= 4 is 11.8 Å². The van der Waals surface area contributed by atoms with E-state index in [1.54, 1.807) is 0 Å². The van der Waals surface area contributed by atoms with Crippen LogP contribution >= 0.6 is 0 Å². The molecule has 1 radical (unpaired) electrons. The molecule has 1 fully saturated rings. The van der Waals surface area contributed by atoms with Gasteiger partial charge in [0.15, 0.2) is 6.33 Å². The Hall–Kier alpha value is -1.65. The van der Waals surface area contributed by atoms with E-state index in [-0.39, 0.29) is 5.56 Å². The Labute approximate surface area is 81.4 Å². The second kappa shape index (κ2) is 3.61. The maximum atomic E-state index is 10.9. The predicted molar refractivity (Wildman–Crippen MR) is 49.3 cm³/mol. The smallest absolute Gasteiger partial charge is 0.341 e. The standard InChI is InChI=1S/C9H10N3O2/c13-9(14)7-5-10-6-11-8(7)12-3-1-2-4-12/h5H,1-4H2,(H,13,14). The molecule has 1 aromatic rings. The van der Waals surface area contributed by atoms with E-state index < -0.39 is 5.97 Å². The average molecular weight is 192 g/mol. The lowest BCUT2D eigenvalue weighted by atomic mass is 10.3. The normalized spacial score (nSPS) is 15.9. The summed E-state index contributed by atoms with van der Waals surface area (Å²) < 4.78 is 0. The number of aromatic carboxylic acids is 1. The van der Waals surface area contributed by atoms with E-state index >= 15 is 0 Å². The van der Waals surface area contributed by atoms with Gasteiger partial charge in [-0.15, -0.1) is 0 Å². The summed E-state index contributed by atoms with van der Waals surface area (Å²) in [6.45, 7) is 1.73. The third-order valence-electron chi connectivity index (χ3n) is 2.28. The monoisotopic (exact) mass is 192 g/mol. The van der Waals surface area contributed by atoms with Gasteiger partial charge < -0.3 is 10.0 Å². The molecule has 2 heterocycles. The van der Waals surface area contributed by atoms with Crippen LogP contribution in [0.5, 0.6) is 0 Å². The first kappa shape index (κ1) is 8.93. The molecule has 1 aromatic heterocycles. The molecule has 1 saturated heterocycles. The number of aromatic nitrogens is 2. The molecule has 0 saturated carbocycles. The van der Waals surface area contributed by atoms with Crippen molar-refractivity contribution in [3.05, 3.63) is 18.1 Å². The van der Waals surface area contributed by atoms with Crippen LogP contribution in [0.25, 0.3) is 0 Å². The van der Waals surface area contributed by atoms with Gasteiger partial charge in [0, 0.05) is 19.3 Å². The molecular formula is C9H10N3O2. The number of anilines is 1. The van der Waals surface area contributed by atoms with Crippen molar-refractivity contribution in [1.29, 1.82) is 0 Å². The molecule has 5 heteroatoms. The van der Waals surface area contributed by atoms with Crippen LogP contribution in [0.1, 0.15) is 23.2 Å². The van der Waals surface area contributed by atoms with E-state index in [4.69, 9.17) is 5.11 Å². The van der Waals surface area contributed by atoms with Gasteiger partial charge >= 0.3 is 5.97 Å². The quantitative estimate of drug-likeness (QED) is 0.742. The molecule has 0 aromatic carbocycles. The van der Waals surface area contributed by atoms with Crippen LogP contribution in [0.4, 0.5) is 5.82 Å². The predicted octanol–water partition coefficient (Wildman–Crippen LogP) is 0.575. The molecule has 0 amide bonds. The average Bonchev–Trinajstić information content (AvgIpc) is 2.70. The van der Waals surface area contributed by atoms with E-state index in [0.29, 0.717) is 5.82 Å². The fraction of sp³-hybridized carbons (Fsp3) is 0.444. The molecule has 1 aliphatic heterocycles. The van der Waals surface area contributed by atoms with Crippen molar-refractivity contribution in [3.8, 4) is 0 Å². The van der Waals surface area contributed by atoms with Crippen molar-refractivity contribution in [2.24, 2.45) is 0 Å². The Morgan fingerprint density at radius 1 is 1.50 bits per heavy atom. The van der Waals surface area contributed by atoms with E-state index in [9.17, 15) is 4.79 Å². The zero-order valence-electron chi connectivity index (χ0n) is 7.60. The zero-order valence-corrected chi connectivity index (χ0v) is 7.60. The third kappa shape index (κ3) is 1.53. The first-order chi connectivity index (χ1) is 6.79. The molecule has 5 nitrogen and oxygen atoms in total. The molecule has 0 unspecified atom stereocenters. The minimum absolute atomic E-state index is 0.158. The fourth-order valence-electron chi connectivity index (χ4n) is 1.61. The highest BCUT2D eigenvalue weighted by Gasteiger charge is 2.20. The maximum absolute atomic E-state index is 10.9. The van der Waals surface area contributed by atoms with E-state index in [1.807, 2.05) is 4.90 Å². The summed E-state index contributed by atoms with van der Waals surface area (Å²) in [7, 11) is 0. The summed E-state index contributed by atoms with van der Waals surface area (Å²) in [5, 5.41) is 8.91. The van der Waals surface area contributed by atoms with Gasteiger partial charge in [-0.05, 0) is 12.8 Å². The maximum Gasteiger partial charge on any atom is 0.341 e. The number of carboxylic acids is 1. The Morgan fingerprint density at radius 3 is 2.86 bits per heavy atom. The Balaban J connectivity index is 2.35. The Morgan fingerprint density at radius 2 is 2.21 bits per heavy atom. The van der Waals surface area contributed by atoms with Gasteiger partial charge in [0.2, 0.25) is 0 Å². The summed E-state index contributed by atoms with van der Waals surface area (Å²) in [5.41, 5.74) is 0.158. The van der Waals surface area contributed by atoms with Crippen LogP contribution < -0.4 is 4.90 Å². The van der Waals surface area contributed by atoms with Gasteiger partial charge in [-0.25, -0.2) is 14.8 Å². The van der Waals surface area contributed by atoms with Crippen molar-refractivity contribution in [2.75, 3.05) is 18.0 Å². The molecule has 2 rings (SSSR count). The highest BCUT2D eigenvalue weighted by Crippen LogP contribution is 2.20. The van der Waals surface area contributed by atoms with Crippen molar-refractivity contribution in [1.82, 2.24) is 9.97 Å². The summed E-state index contributed by atoms with van der Waals surface area (Å²) in [5.74, 6) is -0.495. The third-order valence-corrected chi connectivity index (χ3v) is 2.28. The van der Waals surface area contributed by atoms with Crippen LogP contribution in [0, 0.1) is 6.33 Å². The highest BCUT2D eigenvalue weighted by molar-refractivity contribution is 5.92. The highest BCUT2D eigenvalue weighted by atomic mass is 16.4. The number of hydrogen-bond donors (Lipinski definition) is 1. The summed E-state index contributed by atoms with van der Waals surface area (Å²) in [6, 6.07) is 0. The lowest BCUT2D eigenvalue weighted by molar-refractivity contribution is 0.0696.